The van der Waals surface area contributed by atoms with E-state index in [1.807, 2.05) is 24.3 Å². The van der Waals surface area contributed by atoms with Crippen LogP contribution >= 0.6 is 15.9 Å². The van der Waals surface area contributed by atoms with Crippen molar-refractivity contribution in [3.8, 4) is 0 Å². The number of esters is 1. The van der Waals surface area contributed by atoms with E-state index in [4.69, 9.17) is 4.74 Å². The molecule has 2 rings (SSSR count). The summed E-state index contributed by atoms with van der Waals surface area (Å²) in [6.07, 6.45) is 0.184. The highest BCUT2D eigenvalue weighted by molar-refractivity contribution is 9.10. The van der Waals surface area contributed by atoms with Gasteiger partial charge in [-0.15, -0.1) is 10.2 Å². The first-order valence-electron chi connectivity index (χ1n) is 5.85. The third-order valence-electron chi connectivity index (χ3n) is 2.60. The molecule has 1 N–H and O–H groups in total. The molecular weight excluding hydrogens is 312 g/mol. The summed E-state index contributed by atoms with van der Waals surface area (Å²) >= 11 is 3.41. The molecule has 0 saturated heterocycles. The first-order chi connectivity index (χ1) is 9.20. The zero-order chi connectivity index (χ0) is 13.7. The molecule has 19 heavy (non-hydrogen) atoms. The lowest BCUT2D eigenvalue weighted by atomic mass is 9.95. The first-order valence-corrected chi connectivity index (χ1v) is 6.64. The van der Waals surface area contributed by atoms with Crippen LogP contribution in [0.25, 0.3) is 0 Å². The summed E-state index contributed by atoms with van der Waals surface area (Å²) in [6.45, 7) is 2.14. The number of nitrogens with zero attached hydrogens (tertiary/aromatic N) is 3. The molecule has 1 aromatic carbocycles. The van der Waals surface area contributed by atoms with Crippen molar-refractivity contribution in [1.82, 2.24) is 20.6 Å². The Kier molecular flexibility index (Phi) is 4.62. The maximum Gasteiger partial charge on any atom is 0.306 e. The van der Waals surface area contributed by atoms with Gasteiger partial charge in [-0.3, -0.25) is 4.79 Å². The second-order valence-electron chi connectivity index (χ2n) is 3.89. The van der Waals surface area contributed by atoms with Crippen LogP contribution < -0.4 is 0 Å². The van der Waals surface area contributed by atoms with Gasteiger partial charge in [0.25, 0.3) is 0 Å². The summed E-state index contributed by atoms with van der Waals surface area (Å²) in [7, 11) is 0. The molecule has 0 aliphatic carbocycles. The van der Waals surface area contributed by atoms with E-state index < -0.39 is 0 Å². The summed E-state index contributed by atoms with van der Waals surface area (Å²) in [4.78, 5) is 11.7. The molecule has 0 radical (unpaired) electrons. The fourth-order valence-corrected chi connectivity index (χ4v) is 2.20. The Morgan fingerprint density at radius 3 is 3.00 bits per heavy atom. The van der Waals surface area contributed by atoms with Crippen LogP contribution in [-0.4, -0.2) is 33.2 Å². The molecule has 7 heteroatoms. The number of hydrogen-bond acceptors (Lipinski definition) is 5. The summed E-state index contributed by atoms with van der Waals surface area (Å²) < 4.78 is 5.92. The second-order valence-corrected chi connectivity index (χ2v) is 4.80. The van der Waals surface area contributed by atoms with Crippen molar-refractivity contribution < 1.29 is 9.53 Å². The molecule has 0 fully saturated rings. The Hall–Kier alpha value is -1.76. The SMILES string of the molecule is CCOC(=O)C[C@H](c1cccc(Br)c1)c1nn[nH]n1. The molecule has 1 atom stereocenters. The fourth-order valence-electron chi connectivity index (χ4n) is 1.79. The molecule has 0 aliphatic rings. The molecule has 1 heterocycles. The van der Waals surface area contributed by atoms with Crippen LogP contribution in [-0.2, 0) is 9.53 Å². The van der Waals surface area contributed by atoms with Crippen LogP contribution in [0.2, 0.25) is 0 Å². The van der Waals surface area contributed by atoms with Crippen molar-refractivity contribution in [3.63, 3.8) is 0 Å². The number of aromatic amines is 1. The second kappa shape index (κ2) is 6.42. The van der Waals surface area contributed by atoms with Gasteiger partial charge in [0.1, 0.15) is 0 Å². The van der Waals surface area contributed by atoms with Gasteiger partial charge in [-0.2, -0.15) is 5.21 Å². The molecule has 6 nitrogen and oxygen atoms in total. The molecule has 0 bridgehead atoms. The fraction of sp³-hybridized carbons (Fsp3) is 0.333. The summed E-state index contributed by atoms with van der Waals surface area (Å²) in [5, 5.41) is 13.9. The zero-order valence-corrected chi connectivity index (χ0v) is 11.9. The minimum absolute atomic E-state index is 0.184. The number of halogens is 1. The normalized spacial score (nSPS) is 12.1. The lowest BCUT2D eigenvalue weighted by Crippen LogP contribution is -2.13. The highest BCUT2D eigenvalue weighted by Gasteiger charge is 2.23. The predicted octanol–water partition coefficient (Wildman–Crippen LogP) is 2.05. The maximum absolute atomic E-state index is 11.7. The average Bonchev–Trinajstić information content (AvgIpc) is 2.90. The Bertz CT molecular complexity index is 544. The highest BCUT2D eigenvalue weighted by atomic mass is 79.9. The standard InChI is InChI=1S/C12H13BrN4O2/c1-2-19-11(18)7-10(12-14-16-17-15-12)8-4-3-5-9(13)6-8/h3-6,10H,2,7H2,1H3,(H,14,15,16,17)/t10-/m1/s1. The molecule has 2 aromatic rings. The van der Waals surface area contributed by atoms with Crippen LogP contribution in [0.15, 0.2) is 28.7 Å². The third kappa shape index (κ3) is 3.60. The van der Waals surface area contributed by atoms with Crippen LogP contribution in [0, 0.1) is 0 Å². The molecule has 1 aromatic heterocycles. The van der Waals surface area contributed by atoms with Gasteiger partial charge in [0.05, 0.1) is 18.9 Å². The first kappa shape index (κ1) is 13.7. The van der Waals surface area contributed by atoms with Gasteiger partial charge in [-0.1, -0.05) is 33.3 Å². The van der Waals surface area contributed by atoms with Crippen LogP contribution in [0.3, 0.4) is 0 Å². The van der Waals surface area contributed by atoms with Gasteiger partial charge in [-0.25, -0.2) is 0 Å². The van der Waals surface area contributed by atoms with Crippen LogP contribution in [0.5, 0.6) is 0 Å². The van der Waals surface area contributed by atoms with E-state index in [-0.39, 0.29) is 18.3 Å². The van der Waals surface area contributed by atoms with E-state index >= 15 is 0 Å². The molecule has 0 spiro atoms. The van der Waals surface area contributed by atoms with Crippen molar-refractivity contribution in [1.29, 1.82) is 0 Å². The monoisotopic (exact) mass is 324 g/mol. The number of benzene rings is 1. The maximum atomic E-state index is 11.7. The molecule has 0 saturated carbocycles. The Balaban J connectivity index is 2.27. The number of tetrazole rings is 1. The summed E-state index contributed by atoms with van der Waals surface area (Å²) in [6, 6.07) is 7.67. The number of nitrogens with one attached hydrogen (secondary N) is 1. The van der Waals surface area contributed by atoms with Gasteiger partial charge in [0, 0.05) is 4.47 Å². The van der Waals surface area contributed by atoms with Crippen molar-refractivity contribution in [3.05, 3.63) is 40.1 Å². The Morgan fingerprint density at radius 1 is 1.53 bits per heavy atom. The topological polar surface area (TPSA) is 80.8 Å². The number of aromatic nitrogens is 4. The van der Waals surface area contributed by atoms with E-state index in [9.17, 15) is 4.79 Å². The van der Waals surface area contributed by atoms with Gasteiger partial charge in [0.2, 0.25) is 0 Å². The molecule has 0 unspecified atom stereocenters. The van der Waals surface area contributed by atoms with E-state index in [2.05, 4.69) is 36.6 Å². The van der Waals surface area contributed by atoms with Crippen molar-refractivity contribution in [2.45, 2.75) is 19.3 Å². The van der Waals surface area contributed by atoms with Crippen molar-refractivity contribution in [2.24, 2.45) is 0 Å². The molecule has 0 amide bonds. The number of carbonyl (C=O) groups is 1. The Morgan fingerprint density at radius 2 is 2.37 bits per heavy atom. The van der Waals surface area contributed by atoms with Crippen LogP contribution in [0.4, 0.5) is 0 Å². The van der Waals surface area contributed by atoms with E-state index in [0.717, 1.165) is 10.0 Å². The number of hydrogen-bond donors (Lipinski definition) is 1. The van der Waals surface area contributed by atoms with Gasteiger partial charge in [0.15, 0.2) is 5.82 Å². The minimum Gasteiger partial charge on any atom is -0.466 e. The zero-order valence-electron chi connectivity index (χ0n) is 10.3. The van der Waals surface area contributed by atoms with Crippen molar-refractivity contribution in [2.75, 3.05) is 6.61 Å². The predicted molar refractivity (Wildman–Crippen MR) is 71.4 cm³/mol. The number of ether oxygens (including phenoxy) is 1. The molecule has 100 valence electrons. The third-order valence-corrected chi connectivity index (χ3v) is 3.09. The number of carbonyl (C=O) groups excluding carboxylic acids is 1. The van der Waals surface area contributed by atoms with Gasteiger partial charge >= 0.3 is 5.97 Å². The van der Waals surface area contributed by atoms with E-state index in [1.165, 1.54) is 0 Å². The van der Waals surface area contributed by atoms with Crippen LogP contribution in [0.1, 0.15) is 30.7 Å². The largest absolute Gasteiger partial charge is 0.466 e. The highest BCUT2D eigenvalue weighted by Crippen LogP contribution is 2.27. The van der Waals surface area contributed by atoms with Gasteiger partial charge < -0.3 is 4.74 Å². The van der Waals surface area contributed by atoms with E-state index in [0.29, 0.717) is 12.4 Å². The smallest absolute Gasteiger partial charge is 0.306 e. The molecular formula is C12H13BrN4O2. The lowest BCUT2D eigenvalue weighted by Gasteiger charge is -2.13. The van der Waals surface area contributed by atoms with Gasteiger partial charge in [-0.05, 0) is 24.6 Å². The summed E-state index contributed by atoms with van der Waals surface area (Å²) in [5.41, 5.74) is 0.934. The Labute approximate surface area is 118 Å². The minimum atomic E-state index is -0.280. The van der Waals surface area contributed by atoms with E-state index in [1.54, 1.807) is 6.92 Å². The molecule has 0 aliphatic heterocycles. The lowest BCUT2D eigenvalue weighted by molar-refractivity contribution is -0.143. The quantitative estimate of drug-likeness (QED) is 0.851. The summed E-state index contributed by atoms with van der Waals surface area (Å²) in [5.74, 6) is -0.0706. The number of rotatable bonds is 5. The van der Waals surface area contributed by atoms with Crippen molar-refractivity contribution >= 4 is 21.9 Å². The number of H-pyrrole nitrogens is 1. The average molecular weight is 325 g/mol.